The lowest BCUT2D eigenvalue weighted by Crippen LogP contribution is -2.60. The molecule has 1 aliphatic rings. The molecule has 0 spiro atoms. The van der Waals surface area contributed by atoms with Gasteiger partial charge in [-0.25, -0.2) is 15.0 Å². The summed E-state index contributed by atoms with van der Waals surface area (Å²) in [6.45, 7) is 4.92. The number of hydrogen-bond donors (Lipinski definition) is 2. The van der Waals surface area contributed by atoms with Crippen LogP contribution in [0.15, 0.2) is 48.8 Å². The smallest absolute Gasteiger partial charge is 0.324 e. The van der Waals surface area contributed by atoms with Crippen molar-refractivity contribution in [1.82, 2.24) is 24.8 Å². The molecule has 4 aromatic rings. The van der Waals surface area contributed by atoms with Gasteiger partial charge in [0.05, 0.1) is 5.02 Å². The zero-order chi connectivity index (χ0) is 26.3. The van der Waals surface area contributed by atoms with E-state index in [1.807, 2.05) is 36.6 Å². The van der Waals surface area contributed by atoms with Crippen molar-refractivity contribution >= 4 is 57.8 Å². The second-order valence-corrected chi connectivity index (χ2v) is 10.7. The molecular formula is C26H25Cl3N6O2. The first-order valence-corrected chi connectivity index (χ1v) is 13.0. The Morgan fingerprint density at radius 2 is 1.70 bits per heavy atom. The van der Waals surface area contributed by atoms with Gasteiger partial charge in [0.25, 0.3) is 0 Å². The normalized spacial score (nSPS) is 15.5. The number of aromatic nitrogens is 4. The first kappa shape index (κ1) is 25.7. The van der Waals surface area contributed by atoms with Crippen LogP contribution in [0.5, 0.6) is 0 Å². The Bertz CT molecular complexity index is 1460. The molecule has 2 aromatic heterocycles. The molecule has 0 aliphatic carbocycles. The van der Waals surface area contributed by atoms with Gasteiger partial charge in [0.15, 0.2) is 17.0 Å². The number of fused-ring (bicyclic) bond motifs is 1. The fourth-order valence-electron chi connectivity index (χ4n) is 4.87. The minimum Gasteiger partial charge on any atom is -0.480 e. The summed E-state index contributed by atoms with van der Waals surface area (Å²) in [5.41, 5.74) is 1.72. The maximum atomic E-state index is 12.2. The molecule has 0 bridgehead atoms. The van der Waals surface area contributed by atoms with E-state index < -0.39 is 11.5 Å². The standard InChI is InChI=1S/C26H25Cl3N6O2/c1-15(2)33-26(25(36)37)9-11-34(12-10-26)23-21-24(31-14-30-23)35(18-6-3-16(27)4-7-18)22(32-21)19-8-5-17(28)13-20(19)29/h3-8,13-15,33H,9-12H2,1-2H3,(H,36,37). The molecule has 1 saturated heterocycles. The Labute approximate surface area is 229 Å². The Balaban J connectivity index is 1.62. The van der Waals surface area contributed by atoms with E-state index in [2.05, 4.69) is 20.2 Å². The van der Waals surface area contributed by atoms with E-state index >= 15 is 0 Å². The Morgan fingerprint density at radius 3 is 2.32 bits per heavy atom. The van der Waals surface area contributed by atoms with Gasteiger partial charge in [-0.15, -0.1) is 0 Å². The first-order chi connectivity index (χ1) is 17.7. The Kier molecular flexibility index (Phi) is 7.02. The van der Waals surface area contributed by atoms with Gasteiger partial charge in [-0.05, 0) is 69.2 Å². The molecule has 0 atom stereocenters. The number of carboxylic acids is 1. The number of aliphatic carboxylic acids is 1. The average Bonchev–Trinajstić information content (AvgIpc) is 3.24. The highest BCUT2D eigenvalue weighted by molar-refractivity contribution is 6.36. The van der Waals surface area contributed by atoms with Crippen LogP contribution in [-0.2, 0) is 4.79 Å². The van der Waals surface area contributed by atoms with Crippen molar-refractivity contribution in [3.63, 3.8) is 0 Å². The first-order valence-electron chi connectivity index (χ1n) is 11.9. The fourth-order valence-corrected chi connectivity index (χ4v) is 5.49. The quantitative estimate of drug-likeness (QED) is 0.305. The minimum absolute atomic E-state index is 0.0511. The molecule has 2 N–H and O–H groups in total. The molecule has 192 valence electrons. The van der Waals surface area contributed by atoms with Gasteiger partial charge in [-0.2, -0.15) is 0 Å². The summed E-state index contributed by atoms with van der Waals surface area (Å²) < 4.78 is 1.91. The zero-order valence-electron chi connectivity index (χ0n) is 20.3. The zero-order valence-corrected chi connectivity index (χ0v) is 22.5. The lowest BCUT2D eigenvalue weighted by molar-refractivity contribution is -0.146. The third-order valence-corrected chi connectivity index (χ3v) is 7.37. The van der Waals surface area contributed by atoms with Gasteiger partial charge in [0.1, 0.15) is 17.7 Å². The Hall–Kier alpha value is -2.91. The lowest BCUT2D eigenvalue weighted by Gasteiger charge is -2.41. The van der Waals surface area contributed by atoms with Crippen LogP contribution in [0.1, 0.15) is 26.7 Å². The van der Waals surface area contributed by atoms with Crippen LogP contribution in [0, 0.1) is 0 Å². The predicted molar refractivity (Wildman–Crippen MR) is 147 cm³/mol. The number of anilines is 1. The largest absolute Gasteiger partial charge is 0.480 e. The third kappa shape index (κ3) is 4.86. The van der Waals surface area contributed by atoms with E-state index in [0.29, 0.717) is 69.4 Å². The third-order valence-electron chi connectivity index (χ3n) is 6.57. The summed E-state index contributed by atoms with van der Waals surface area (Å²) >= 11 is 18.9. The second-order valence-electron chi connectivity index (χ2n) is 9.41. The molecule has 37 heavy (non-hydrogen) atoms. The van der Waals surface area contributed by atoms with Crippen LogP contribution in [0.4, 0.5) is 5.82 Å². The number of hydrogen-bond acceptors (Lipinski definition) is 6. The number of rotatable bonds is 6. The van der Waals surface area contributed by atoms with Crippen LogP contribution in [0.25, 0.3) is 28.2 Å². The molecule has 5 rings (SSSR count). The average molecular weight is 560 g/mol. The van der Waals surface area contributed by atoms with Crippen LogP contribution < -0.4 is 10.2 Å². The number of nitrogens with one attached hydrogen (secondary N) is 1. The van der Waals surface area contributed by atoms with E-state index in [-0.39, 0.29) is 6.04 Å². The molecule has 3 heterocycles. The molecule has 2 aromatic carbocycles. The van der Waals surface area contributed by atoms with Crippen molar-refractivity contribution < 1.29 is 9.90 Å². The summed E-state index contributed by atoms with van der Waals surface area (Å²) in [4.78, 5) is 28.3. The SMILES string of the molecule is CC(C)NC1(C(=O)O)CCN(c2ncnc3c2nc(-c2ccc(Cl)cc2Cl)n3-c2ccc(Cl)cc2)CC1. The Morgan fingerprint density at radius 1 is 1.03 bits per heavy atom. The van der Waals surface area contributed by atoms with Crippen molar-refractivity contribution in [1.29, 1.82) is 0 Å². The molecule has 1 fully saturated rings. The van der Waals surface area contributed by atoms with Gasteiger partial charge in [0.2, 0.25) is 0 Å². The van der Waals surface area contributed by atoms with Crippen LogP contribution in [-0.4, -0.2) is 55.3 Å². The van der Waals surface area contributed by atoms with E-state index in [4.69, 9.17) is 39.8 Å². The second kappa shape index (κ2) is 10.1. The summed E-state index contributed by atoms with van der Waals surface area (Å²) in [5, 5.41) is 14.8. The molecule has 8 nitrogen and oxygen atoms in total. The van der Waals surface area contributed by atoms with Crippen molar-refractivity contribution in [3.8, 4) is 17.1 Å². The number of nitrogens with zero attached hydrogens (tertiary/aromatic N) is 5. The molecule has 0 amide bonds. The maximum absolute atomic E-state index is 12.2. The minimum atomic E-state index is -0.971. The number of halogens is 3. The highest BCUT2D eigenvalue weighted by Gasteiger charge is 2.42. The van der Waals surface area contributed by atoms with Crippen LogP contribution >= 0.6 is 34.8 Å². The van der Waals surface area contributed by atoms with Crippen molar-refractivity contribution in [2.45, 2.75) is 38.3 Å². The topological polar surface area (TPSA) is 96.2 Å². The maximum Gasteiger partial charge on any atom is 0.324 e. The van der Waals surface area contributed by atoms with E-state index in [1.54, 1.807) is 24.3 Å². The van der Waals surface area contributed by atoms with Gasteiger partial charge in [0, 0.05) is 40.4 Å². The molecule has 0 radical (unpaired) electrons. The number of imidazole rings is 1. The van der Waals surface area contributed by atoms with Gasteiger partial charge in [-0.3, -0.25) is 14.7 Å². The monoisotopic (exact) mass is 558 g/mol. The molecule has 0 unspecified atom stereocenters. The van der Waals surface area contributed by atoms with Gasteiger partial charge >= 0.3 is 5.97 Å². The summed E-state index contributed by atoms with van der Waals surface area (Å²) in [6, 6.07) is 12.7. The van der Waals surface area contributed by atoms with Crippen molar-refractivity contribution in [2.75, 3.05) is 18.0 Å². The van der Waals surface area contributed by atoms with Crippen LogP contribution in [0.3, 0.4) is 0 Å². The molecule has 0 saturated carbocycles. The molecular weight excluding hydrogens is 535 g/mol. The van der Waals surface area contributed by atoms with Gasteiger partial charge < -0.3 is 10.0 Å². The van der Waals surface area contributed by atoms with Crippen molar-refractivity contribution in [3.05, 3.63) is 63.9 Å². The van der Waals surface area contributed by atoms with Crippen molar-refractivity contribution in [2.24, 2.45) is 0 Å². The lowest BCUT2D eigenvalue weighted by atomic mass is 9.86. The number of benzene rings is 2. The molecule has 11 heteroatoms. The summed E-state index contributed by atoms with van der Waals surface area (Å²) in [7, 11) is 0. The summed E-state index contributed by atoms with van der Waals surface area (Å²) in [5.74, 6) is 0.395. The van der Waals surface area contributed by atoms with Crippen LogP contribution in [0.2, 0.25) is 15.1 Å². The highest BCUT2D eigenvalue weighted by Crippen LogP contribution is 2.37. The number of piperidine rings is 1. The van der Waals surface area contributed by atoms with E-state index in [0.717, 1.165) is 5.69 Å². The fraction of sp³-hybridized carbons (Fsp3) is 0.308. The van der Waals surface area contributed by atoms with E-state index in [1.165, 1.54) is 6.33 Å². The van der Waals surface area contributed by atoms with Gasteiger partial charge in [-0.1, -0.05) is 34.8 Å². The highest BCUT2D eigenvalue weighted by atomic mass is 35.5. The summed E-state index contributed by atoms with van der Waals surface area (Å²) in [6.07, 6.45) is 2.37. The number of carboxylic acid groups (broad SMARTS) is 1. The number of carbonyl (C=O) groups is 1. The molecule has 1 aliphatic heterocycles. The predicted octanol–water partition coefficient (Wildman–Crippen LogP) is 5.86. The van der Waals surface area contributed by atoms with E-state index in [9.17, 15) is 9.90 Å².